The van der Waals surface area contributed by atoms with Crippen molar-refractivity contribution in [1.82, 2.24) is 26.6 Å². The van der Waals surface area contributed by atoms with Crippen LogP contribution < -0.4 is 32.3 Å². The Labute approximate surface area is 179 Å². The van der Waals surface area contributed by atoms with Crippen LogP contribution in [0, 0.1) is 0 Å². The largest absolute Gasteiger partial charge is 0.356 e. The molecule has 9 heteroatoms. The highest BCUT2D eigenvalue weighted by atomic mass is 32.2. The van der Waals surface area contributed by atoms with E-state index < -0.39 is 0 Å². The summed E-state index contributed by atoms with van der Waals surface area (Å²) in [6.45, 7) is 5.55. The lowest BCUT2D eigenvalue weighted by molar-refractivity contribution is -0.121. The standard InChI is InChI=1S/C20H40N6O2S/c21-9-5-12-22-10-3-4-11-23-13-6-14-24-18(27)8-2-1-7-17-19-16(15-29-17)25-20(28)26-19/h16-17,19,22-23H,1-15,21H2,(H,24,27)(H2,25,26,28)/t16-,17-,19-/m0/s1. The maximum absolute atomic E-state index is 11.9. The Kier molecular flexibility index (Phi) is 12.4. The minimum absolute atomic E-state index is 0.0329. The summed E-state index contributed by atoms with van der Waals surface area (Å²) in [5, 5.41) is 16.3. The maximum atomic E-state index is 11.9. The monoisotopic (exact) mass is 428 g/mol. The van der Waals surface area contributed by atoms with Crippen LogP contribution in [-0.4, -0.2) is 74.3 Å². The van der Waals surface area contributed by atoms with Gasteiger partial charge in [0.2, 0.25) is 5.91 Å². The van der Waals surface area contributed by atoms with Gasteiger partial charge in [0.1, 0.15) is 0 Å². The molecule has 2 heterocycles. The Hall–Kier alpha value is -1.03. The molecule has 3 atom stereocenters. The molecule has 168 valence electrons. The molecule has 0 aromatic heterocycles. The van der Waals surface area contributed by atoms with Gasteiger partial charge in [0.25, 0.3) is 0 Å². The van der Waals surface area contributed by atoms with Gasteiger partial charge in [-0.25, -0.2) is 4.79 Å². The number of rotatable bonds is 17. The van der Waals surface area contributed by atoms with Crippen LogP contribution in [0.4, 0.5) is 4.79 Å². The normalized spacial score (nSPS) is 22.9. The molecule has 29 heavy (non-hydrogen) atoms. The van der Waals surface area contributed by atoms with E-state index in [4.69, 9.17) is 5.73 Å². The zero-order chi connectivity index (χ0) is 20.7. The fourth-order valence-electron chi connectivity index (χ4n) is 3.78. The van der Waals surface area contributed by atoms with Gasteiger partial charge in [-0.1, -0.05) is 6.42 Å². The van der Waals surface area contributed by atoms with E-state index in [9.17, 15) is 9.59 Å². The molecule has 0 radical (unpaired) electrons. The van der Waals surface area contributed by atoms with Gasteiger partial charge in [-0.3, -0.25) is 4.79 Å². The summed E-state index contributed by atoms with van der Waals surface area (Å²) < 4.78 is 0. The summed E-state index contributed by atoms with van der Waals surface area (Å²) in [5.41, 5.74) is 5.45. The number of unbranched alkanes of at least 4 members (excludes halogenated alkanes) is 2. The SMILES string of the molecule is NCCCNCCCCNCCCNC(=O)CCCC[C@@H]1SC[C@@H]2NC(=O)N[C@@H]21. The fourth-order valence-corrected chi connectivity index (χ4v) is 5.32. The number of fused-ring (bicyclic) bond motifs is 1. The summed E-state index contributed by atoms with van der Waals surface area (Å²) in [5.74, 6) is 1.15. The molecule has 2 fully saturated rings. The lowest BCUT2D eigenvalue weighted by Gasteiger charge is -2.16. The van der Waals surface area contributed by atoms with Crippen molar-refractivity contribution in [3.8, 4) is 0 Å². The third-order valence-electron chi connectivity index (χ3n) is 5.45. The van der Waals surface area contributed by atoms with Gasteiger partial charge in [0.05, 0.1) is 12.1 Å². The van der Waals surface area contributed by atoms with E-state index in [0.29, 0.717) is 11.7 Å². The van der Waals surface area contributed by atoms with E-state index in [-0.39, 0.29) is 24.0 Å². The quantitative estimate of drug-likeness (QED) is 0.148. The average molecular weight is 429 g/mol. The number of carbonyl (C=O) groups excluding carboxylic acids is 2. The lowest BCUT2D eigenvalue weighted by atomic mass is 10.0. The molecule has 3 amide bonds. The molecule has 2 aliphatic rings. The first-order valence-corrected chi connectivity index (χ1v) is 12.3. The van der Waals surface area contributed by atoms with Crippen LogP contribution >= 0.6 is 11.8 Å². The molecule has 0 bridgehead atoms. The second kappa shape index (κ2) is 14.9. The van der Waals surface area contributed by atoms with Gasteiger partial charge >= 0.3 is 6.03 Å². The summed E-state index contributed by atoms with van der Waals surface area (Å²) in [6.07, 6.45) is 7.97. The summed E-state index contributed by atoms with van der Waals surface area (Å²) in [6, 6.07) is 0.517. The predicted molar refractivity (Wildman–Crippen MR) is 120 cm³/mol. The van der Waals surface area contributed by atoms with Crippen molar-refractivity contribution in [2.24, 2.45) is 5.73 Å². The van der Waals surface area contributed by atoms with Gasteiger partial charge in [-0.05, 0) is 71.2 Å². The van der Waals surface area contributed by atoms with Crippen molar-refractivity contribution in [2.45, 2.75) is 68.7 Å². The maximum Gasteiger partial charge on any atom is 0.315 e. The third-order valence-corrected chi connectivity index (χ3v) is 6.96. The molecule has 2 saturated heterocycles. The first kappa shape index (κ1) is 24.2. The summed E-state index contributed by atoms with van der Waals surface area (Å²) in [4.78, 5) is 23.3. The van der Waals surface area contributed by atoms with Crippen molar-refractivity contribution in [1.29, 1.82) is 0 Å². The highest BCUT2D eigenvalue weighted by Crippen LogP contribution is 2.33. The minimum atomic E-state index is -0.0329. The molecule has 8 nitrogen and oxygen atoms in total. The topological polar surface area (TPSA) is 120 Å². The van der Waals surface area contributed by atoms with Gasteiger partial charge in [-0.15, -0.1) is 0 Å². The first-order valence-electron chi connectivity index (χ1n) is 11.3. The van der Waals surface area contributed by atoms with Crippen molar-refractivity contribution in [3.63, 3.8) is 0 Å². The van der Waals surface area contributed by atoms with Crippen molar-refractivity contribution in [2.75, 3.05) is 45.0 Å². The lowest BCUT2D eigenvalue weighted by Crippen LogP contribution is -2.36. The number of carbonyl (C=O) groups is 2. The molecule has 0 spiro atoms. The van der Waals surface area contributed by atoms with Crippen molar-refractivity contribution >= 4 is 23.7 Å². The Balaban J connectivity index is 1.33. The summed E-state index contributed by atoms with van der Waals surface area (Å²) >= 11 is 1.93. The number of hydrogen-bond donors (Lipinski definition) is 6. The highest BCUT2D eigenvalue weighted by molar-refractivity contribution is 8.00. The zero-order valence-corrected chi connectivity index (χ0v) is 18.5. The number of thioether (sulfide) groups is 1. The van der Waals surface area contributed by atoms with E-state index in [1.807, 2.05) is 11.8 Å². The first-order chi connectivity index (χ1) is 14.2. The molecule has 0 saturated carbocycles. The molecule has 2 rings (SSSR count). The number of hydrogen-bond acceptors (Lipinski definition) is 6. The Bertz CT molecular complexity index is 482. The molecule has 0 aliphatic carbocycles. The molecule has 7 N–H and O–H groups in total. The van der Waals surface area contributed by atoms with Crippen LogP contribution in [0.1, 0.15) is 51.4 Å². The highest BCUT2D eigenvalue weighted by Gasteiger charge is 2.42. The Morgan fingerprint density at radius 1 is 0.966 bits per heavy atom. The van der Waals surface area contributed by atoms with Gasteiger partial charge in [0, 0.05) is 24.0 Å². The average Bonchev–Trinajstić information content (AvgIpc) is 3.25. The molecule has 0 unspecified atom stereocenters. The minimum Gasteiger partial charge on any atom is -0.356 e. The van der Waals surface area contributed by atoms with Crippen LogP contribution in [0.5, 0.6) is 0 Å². The molecular weight excluding hydrogens is 388 g/mol. The summed E-state index contributed by atoms with van der Waals surface area (Å²) in [7, 11) is 0. The Morgan fingerprint density at radius 3 is 2.45 bits per heavy atom. The van der Waals surface area contributed by atoms with Gasteiger partial charge in [0.15, 0.2) is 0 Å². The molecular formula is C20H40N6O2S. The van der Waals surface area contributed by atoms with E-state index in [0.717, 1.165) is 77.1 Å². The predicted octanol–water partition coefficient (Wildman–Crippen LogP) is 0.527. The molecule has 0 aromatic rings. The number of nitrogens with one attached hydrogen (secondary N) is 5. The second-order valence-corrected chi connectivity index (χ2v) is 9.19. The van der Waals surface area contributed by atoms with E-state index in [1.165, 1.54) is 12.8 Å². The molecule has 2 aliphatic heterocycles. The van der Waals surface area contributed by atoms with Crippen LogP contribution in [0.3, 0.4) is 0 Å². The number of nitrogens with two attached hydrogens (primary N) is 1. The van der Waals surface area contributed by atoms with Crippen LogP contribution in [0.2, 0.25) is 0 Å². The van der Waals surface area contributed by atoms with Gasteiger partial charge in [-0.2, -0.15) is 11.8 Å². The van der Waals surface area contributed by atoms with Gasteiger partial charge < -0.3 is 32.3 Å². The number of amides is 3. The van der Waals surface area contributed by atoms with E-state index in [2.05, 4.69) is 26.6 Å². The van der Waals surface area contributed by atoms with Crippen molar-refractivity contribution in [3.05, 3.63) is 0 Å². The smallest absolute Gasteiger partial charge is 0.315 e. The van der Waals surface area contributed by atoms with Crippen LogP contribution in [0.25, 0.3) is 0 Å². The van der Waals surface area contributed by atoms with E-state index in [1.54, 1.807) is 0 Å². The second-order valence-electron chi connectivity index (χ2n) is 7.92. The van der Waals surface area contributed by atoms with Crippen LogP contribution in [-0.2, 0) is 4.79 Å². The van der Waals surface area contributed by atoms with Crippen LogP contribution in [0.15, 0.2) is 0 Å². The molecule has 0 aromatic carbocycles. The fraction of sp³-hybridized carbons (Fsp3) is 0.900. The zero-order valence-electron chi connectivity index (χ0n) is 17.6. The third kappa shape index (κ3) is 10.0. The van der Waals surface area contributed by atoms with E-state index >= 15 is 0 Å². The number of urea groups is 1. The Morgan fingerprint density at radius 2 is 1.69 bits per heavy atom. The van der Waals surface area contributed by atoms with Crippen molar-refractivity contribution < 1.29 is 9.59 Å².